The Morgan fingerprint density at radius 1 is 1.18 bits per heavy atom. The van der Waals surface area contributed by atoms with Crippen LogP contribution in [0.25, 0.3) is 10.9 Å². The summed E-state index contributed by atoms with van der Waals surface area (Å²) < 4.78 is 12.3. The SMILES string of the molecule is CCCCCn1c(SC(C)C(=O)Nc2cc(OC)ccc2OC)nc2cc(Cl)ccc2c1=O. The van der Waals surface area contributed by atoms with E-state index in [4.69, 9.17) is 21.1 Å². The van der Waals surface area contributed by atoms with Crippen molar-refractivity contribution in [2.45, 2.75) is 50.1 Å². The van der Waals surface area contributed by atoms with Gasteiger partial charge in [-0.25, -0.2) is 4.98 Å². The number of unbranched alkanes of at least 4 members (excludes halogenated alkanes) is 2. The molecule has 0 bridgehead atoms. The van der Waals surface area contributed by atoms with E-state index in [1.807, 2.05) is 0 Å². The van der Waals surface area contributed by atoms with Crippen LogP contribution in [-0.2, 0) is 11.3 Å². The lowest BCUT2D eigenvalue weighted by Gasteiger charge is -2.17. The molecule has 1 amide bonds. The van der Waals surface area contributed by atoms with Gasteiger partial charge in [0.15, 0.2) is 5.16 Å². The average molecular weight is 490 g/mol. The van der Waals surface area contributed by atoms with Gasteiger partial charge in [-0.3, -0.25) is 14.2 Å². The second-order valence-corrected chi connectivity index (χ2v) is 9.28. The maximum atomic E-state index is 13.2. The van der Waals surface area contributed by atoms with E-state index in [0.717, 1.165) is 19.3 Å². The molecular weight excluding hydrogens is 462 g/mol. The molecule has 176 valence electrons. The number of ether oxygens (including phenoxy) is 2. The summed E-state index contributed by atoms with van der Waals surface area (Å²) in [5, 5.41) is 3.87. The number of carbonyl (C=O) groups is 1. The van der Waals surface area contributed by atoms with Crippen molar-refractivity contribution in [1.82, 2.24) is 9.55 Å². The van der Waals surface area contributed by atoms with Crippen LogP contribution >= 0.6 is 23.4 Å². The van der Waals surface area contributed by atoms with Crippen LogP contribution in [0.2, 0.25) is 5.02 Å². The fourth-order valence-electron chi connectivity index (χ4n) is 3.34. The third-order valence-corrected chi connectivity index (χ3v) is 6.51. The van der Waals surface area contributed by atoms with Gasteiger partial charge < -0.3 is 14.8 Å². The first-order valence-electron chi connectivity index (χ1n) is 10.8. The molecule has 3 rings (SSSR count). The molecule has 0 saturated heterocycles. The highest BCUT2D eigenvalue weighted by Gasteiger charge is 2.21. The highest BCUT2D eigenvalue weighted by Crippen LogP contribution is 2.31. The van der Waals surface area contributed by atoms with Gasteiger partial charge in [0.25, 0.3) is 5.56 Å². The van der Waals surface area contributed by atoms with Crippen LogP contribution in [-0.4, -0.2) is 34.9 Å². The molecule has 1 atom stereocenters. The second kappa shape index (κ2) is 11.4. The third kappa shape index (κ3) is 6.00. The van der Waals surface area contributed by atoms with Crippen LogP contribution in [0, 0.1) is 0 Å². The average Bonchev–Trinajstić information content (AvgIpc) is 2.80. The lowest BCUT2D eigenvalue weighted by Crippen LogP contribution is -2.27. The Bertz CT molecular complexity index is 1200. The van der Waals surface area contributed by atoms with E-state index in [0.29, 0.717) is 44.8 Å². The monoisotopic (exact) mass is 489 g/mol. The maximum Gasteiger partial charge on any atom is 0.262 e. The molecule has 1 heterocycles. The molecule has 1 unspecified atom stereocenters. The molecule has 0 fully saturated rings. The van der Waals surface area contributed by atoms with Gasteiger partial charge in [0.1, 0.15) is 11.5 Å². The fourth-order valence-corrected chi connectivity index (χ4v) is 4.44. The minimum absolute atomic E-state index is 0.127. The van der Waals surface area contributed by atoms with E-state index in [-0.39, 0.29) is 11.5 Å². The van der Waals surface area contributed by atoms with Crippen LogP contribution in [0.1, 0.15) is 33.1 Å². The fraction of sp³-hybridized carbons (Fsp3) is 0.375. The first-order chi connectivity index (χ1) is 15.9. The number of fused-ring (bicyclic) bond motifs is 1. The van der Waals surface area contributed by atoms with E-state index in [2.05, 4.69) is 17.2 Å². The number of anilines is 1. The molecule has 33 heavy (non-hydrogen) atoms. The molecule has 2 aromatic carbocycles. The van der Waals surface area contributed by atoms with Crippen molar-refractivity contribution >= 4 is 45.9 Å². The summed E-state index contributed by atoms with van der Waals surface area (Å²) in [5.74, 6) is 0.882. The molecule has 0 spiro atoms. The van der Waals surface area contributed by atoms with E-state index in [9.17, 15) is 9.59 Å². The number of carbonyl (C=O) groups excluding carboxylic acids is 1. The van der Waals surface area contributed by atoms with Gasteiger partial charge in [0, 0.05) is 17.6 Å². The molecule has 7 nitrogen and oxygen atoms in total. The van der Waals surface area contributed by atoms with Crippen molar-refractivity contribution in [1.29, 1.82) is 0 Å². The van der Waals surface area contributed by atoms with Gasteiger partial charge in [-0.15, -0.1) is 0 Å². The van der Waals surface area contributed by atoms with E-state index < -0.39 is 5.25 Å². The van der Waals surface area contributed by atoms with Crippen LogP contribution in [0.5, 0.6) is 11.5 Å². The van der Waals surface area contributed by atoms with Crippen LogP contribution in [0.3, 0.4) is 0 Å². The Balaban J connectivity index is 1.90. The van der Waals surface area contributed by atoms with E-state index in [1.54, 1.807) is 55.0 Å². The number of nitrogens with zero attached hydrogens (tertiary/aromatic N) is 2. The molecule has 9 heteroatoms. The number of nitrogens with one attached hydrogen (secondary N) is 1. The Morgan fingerprint density at radius 2 is 1.97 bits per heavy atom. The van der Waals surface area contributed by atoms with Gasteiger partial charge in [0.2, 0.25) is 5.91 Å². The number of rotatable bonds is 10. The molecule has 0 aliphatic rings. The summed E-state index contributed by atoms with van der Waals surface area (Å²) in [6.45, 7) is 4.42. The van der Waals surface area contributed by atoms with Crippen molar-refractivity contribution in [3.05, 3.63) is 51.8 Å². The van der Waals surface area contributed by atoms with Crippen molar-refractivity contribution in [2.75, 3.05) is 19.5 Å². The molecule has 0 aliphatic carbocycles. The zero-order valence-corrected chi connectivity index (χ0v) is 20.8. The number of hydrogen-bond donors (Lipinski definition) is 1. The number of methoxy groups -OCH3 is 2. The van der Waals surface area contributed by atoms with Gasteiger partial charge >= 0.3 is 0 Å². The minimum Gasteiger partial charge on any atom is -0.497 e. The van der Waals surface area contributed by atoms with Crippen molar-refractivity contribution < 1.29 is 14.3 Å². The van der Waals surface area contributed by atoms with Gasteiger partial charge in [-0.2, -0.15) is 0 Å². The second-order valence-electron chi connectivity index (χ2n) is 7.54. The summed E-state index contributed by atoms with van der Waals surface area (Å²) in [4.78, 5) is 30.9. The van der Waals surface area contributed by atoms with Crippen LogP contribution in [0.15, 0.2) is 46.3 Å². The number of hydrogen-bond acceptors (Lipinski definition) is 6. The maximum absolute atomic E-state index is 13.2. The van der Waals surface area contributed by atoms with Crippen molar-refractivity contribution in [3.8, 4) is 11.5 Å². The van der Waals surface area contributed by atoms with Crippen molar-refractivity contribution in [3.63, 3.8) is 0 Å². The predicted octanol–water partition coefficient (Wildman–Crippen LogP) is 5.38. The van der Waals surface area contributed by atoms with Gasteiger partial charge in [0.05, 0.1) is 36.1 Å². The molecule has 0 saturated carbocycles. The van der Waals surface area contributed by atoms with E-state index in [1.165, 1.54) is 18.9 Å². The zero-order chi connectivity index (χ0) is 24.0. The number of halogens is 1. The molecule has 1 N–H and O–H groups in total. The summed E-state index contributed by atoms with van der Waals surface area (Å²) in [6, 6.07) is 10.2. The molecule has 1 aromatic heterocycles. The lowest BCUT2D eigenvalue weighted by atomic mass is 10.2. The molecular formula is C24H28ClN3O4S. The van der Waals surface area contributed by atoms with Crippen LogP contribution < -0.4 is 20.3 Å². The highest BCUT2D eigenvalue weighted by molar-refractivity contribution is 8.00. The summed E-state index contributed by atoms with van der Waals surface area (Å²) in [5.41, 5.74) is 0.897. The first kappa shape index (κ1) is 24.9. The van der Waals surface area contributed by atoms with Crippen molar-refractivity contribution in [2.24, 2.45) is 0 Å². The van der Waals surface area contributed by atoms with E-state index >= 15 is 0 Å². The smallest absolute Gasteiger partial charge is 0.262 e. The number of aromatic nitrogens is 2. The first-order valence-corrected chi connectivity index (χ1v) is 12.0. The highest BCUT2D eigenvalue weighted by atomic mass is 35.5. The quantitative estimate of drug-likeness (QED) is 0.234. The standard InChI is InChI=1S/C24H28ClN3O4S/c1-5-6-7-12-28-23(30)18-10-8-16(25)13-19(18)27-24(28)33-15(2)22(29)26-20-14-17(31-3)9-11-21(20)32-4/h8-11,13-15H,5-7,12H2,1-4H3,(H,26,29). The molecule has 0 radical (unpaired) electrons. The van der Waals surface area contributed by atoms with Gasteiger partial charge in [-0.1, -0.05) is 43.1 Å². The summed E-state index contributed by atoms with van der Waals surface area (Å²) in [6.07, 6.45) is 2.89. The van der Waals surface area contributed by atoms with Crippen LogP contribution in [0.4, 0.5) is 5.69 Å². The number of thioether (sulfide) groups is 1. The molecule has 0 aliphatic heterocycles. The predicted molar refractivity (Wildman–Crippen MR) is 134 cm³/mol. The lowest BCUT2D eigenvalue weighted by molar-refractivity contribution is -0.115. The molecule has 3 aromatic rings. The Hall–Kier alpha value is -2.71. The summed E-state index contributed by atoms with van der Waals surface area (Å²) in [7, 11) is 3.09. The minimum atomic E-state index is -0.526. The largest absolute Gasteiger partial charge is 0.497 e. The number of benzene rings is 2. The Labute approximate surface area is 202 Å². The Morgan fingerprint density at radius 3 is 2.67 bits per heavy atom. The van der Waals surface area contributed by atoms with Gasteiger partial charge in [-0.05, 0) is 43.7 Å². The normalized spacial score (nSPS) is 11.9. The summed E-state index contributed by atoms with van der Waals surface area (Å²) >= 11 is 7.36. The zero-order valence-electron chi connectivity index (χ0n) is 19.2. The topological polar surface area (TPSA) is 82.5 Å². The number of amides is 1. The Kier molecular flexibility index (Phi) is 8.63. The third-order valence-electron chi connectivity index (χ3n) is 5.18.